The number of aryl methyl sites for hydroxylation is 1. The van der Waals surface area contributed by atoms with Crippen LogP contribution in [-0.4, -0.2) is 8.42 Å². The lowest BCUT2D eigenvalue weighted by Crippen LogP contribution is -2.14. The van der Waals surface area contributed by atoms with Gasteiger partial charge in [-0.05, 0) is 42.8 Å². The average molecular weight is 341 g/mol. The Bertz CT molecular complexity index is 843. The molecular weight excluding hydrogens is 331 g/mol. The van der Waals surface area contributed by atoms with E-state index in [1.165, 1.54) is 18.2 Å². The first-order valence-corrected chi connectivity index (χ1v) is 8.06. The zero-order valence-corrected chi connectivity index (χ0v) is 13.2. The molecule has 0 aromatic heterocycles. The molecule has 2 rings (SSSR count). The van der Waals surface area contributed by atoms with Gasteiger partial charge in [0.15, 0.2) is 0 Å². The maximum atomic E-state index is 12.3. The number of hydrogen-bond acceptors (Lipinski definition) is 3. The van der Waals surface area contributed by atoms with Crippen molar-refractivity contribution in [3.05, 3.63) is 57.6 Å². The molecule has 0 atom stereocenters. The van der Waals surface area contributed by atoms with Crippen molar-refractivity contribution in [1.82, 2.24) is 0 Å². The second-order valence-corrected chi connectivity index (χ2v) is 6.81. The van der Waals surface area contributed by atoms with Crippen molar-refractivity contribution in [1.29, 1.82) is 5.26 Å². The molecule has 0 aliphatic heterocycles. The van der Waals surface area contributed by atoms with E-state index in [2.05, 4.69) is 4.72 Å². The van der Waals surface area contributed by atoms with E-state index in [-0.39, 0.29) is 21.2 Å². The molecule has 21 heavy (non-hydrogen) atoms. The van der Waals surface area contributed by atoms with E-state index in [4.69, 9.17) is 28.5 Å². The van der Waals surface area contributed by atoms with Gasteiger partial charge in [0, 0.05) is 0 Å². The normalized spacial score (nSPS) is 11.0. The number of anilines is 1. The molecule has 0 bridgehead atoms. The number of hydrogen-bond donors (Lipinski definition) is 1. The Kier molecular flexibility index (Phi) is 4.43. The third kappa shape index (κ3) is 3.48. The van der Waals surface area contributed by atoms with Crippen LogP contribution >= 0.6 is 23.2 Å². The zero-order chi connectivity index (χ0) is 15.6. The van der Waals surface area contributed by atoms with Crippen molar-refractivity contribution < 1.29 is 8.42 Å². The second kappa shape index (κ2) is 5.94. The smallest absolute Gasteiger partial charge is 0.263 e. The zero-order valence-electron chi connectivity index (χ0n) is 10.9. The third-order valence-corrected chi connectivity index (χ3v) is 4.88. The standard InChI is InChI=1S/C14H10Cl2N2O2S/c1-9-2-4-13(11(15)6-9)18-21(19,20)14-5-3-10(8-17)7-12(14)16/h2-7,18H,1H3. The minimum absolute atomic E-state index is 0.0233. The maximum Gasteiger partial charge on any atom is 0.263 e. The number of halogens is 2. The lowest BCUT2D eigenvalue weighted by atomic mass is 10.2. The highest BCUT2D eigenvalue weighted by atomic mass is 35.5. The summed E-state index contributed by atoms with van der Waals surface area (Å²) >= 11 is 11.9. The van der Waals surface area contributed by atoms with Crippen LogP contribution < -0.4 is 4.72 Å². The van der Waals surface area contributed by atoms with E-state index in [1.54, 1.807) is 18.2 Å². The number of benzene rings is 2. The highest BCUT2D eigenvalue weighted by Crippen LogP contribution is 2.28. The lowest BCUT2D eigenvalue weighted by molar-refractivity contribution is 0.601. The lowest BCUT2D eigenvalue weighted by Gasteiger charge is -2.11. The van der Waals surface area contributed by atoms with Gasteiger partial charge in [0.05, 0.1) is 27.4 Å². The molecule has 2 aromatic rings. The summed E-state index contributed by atoms with van der Waals surface area (Å²) in [6.45, 7) is 1.85. The van der Waals surface area contributed by atoms with Gasteiger partial charge in [-0.2, -0.15) is 5.26 Å². The molecule has 0 aliphatic rings. The van der Waals surface area contributed by atoms with Crippen molar-refractivity contribution in [2.24, 2.45) is 0 Å². The van der Waals surface area contributed by atoms with Gasteiger partial charge in [-0.3, -0.25) is 4.72 Å². The van der Waals surface area contributed by atoms with Gasteiger partial charge in [-0.25, -0.2) is 8.42 Å². The molecule has 0 saturated heterocycles. The first-order valence-electron chi connectivity index (χ1n) is 5.82. The van der Waals surface area contributed by atoms with E-state index in [0.717, 1.165) is 5.56 Å². The third-order valence-electron chi connectivity index (χ3n) is 2.72. The molecule has 7 heteroatoms. The van der Waals surface area contributed by atoms with Gasteiger partial charge >= 0.3 is 0 Å². The van der Waals surface area contributed by atoms with Crippen LogP contribution in [0.5, 0.6) is 0 Å². The van der Waals surface area contributed by atoms with Crippen LogP contribution in [-0.2, 0) is 10.0 Å². The molecule has 0 amide bonds. The number of nitrogens with one attached hydrogen (secondary N) is 1. The fraction of sp³-hybridized carbons (Fsp3) is 0.0714. The topological polar surface area (TPSA) is 70.0 Å². The predicted molar refractivity (Wildman–Crippen MR) is 83.2 cm³/mol. The van der Waals surface area contributed by atoms with Crippen LogP contribution in [0.1, 0.15) is 11.1 Å². The summed E-state index contributed by atoms with van der Waals surface area (Å²) in [6, 6.07) is 10.8. The highest BCUT2D eigenvalue weighted by molar-refractivity contribution is 7.92. The fourth-order valence-corrected chi connectivity index (χ4v) is 3.65. The quantitative estimate of drug-likeness (QED) is 0.918. The predicted octanol–water partition coefficient (Wildman–Crippen LogP) is 3.97. The van der Waals surface area contributed by atoms with E-state index < -0.39 is 10.0 Å². The minimum atomic E-state index is -3.88. The monoisotopic (exact) mass is 340 g/mol. The molecule has 0 fully saturated rings. The Morgan fingerprint density at radius 1 is 1.10 bits per heavy atom. The van der Waals surface area contributed by atoms with E-state index >= 15 is 0 Å². The number of nitriles is 1. The van der Waals surface area contributed by atoms with Crippen LogP contribution in [0.3, 0.4) is 0 Å². The Hall–Kier alpha value is -1.74. The molecule has 0 unspecified atom stereocenters. The van der Waals surface area contributed by atoms with Crippen molar-refractivity contribution in [2.75, 3.05) is 4.72 Å². The fourth-order valence-electron chi connectivity index (χ4n) is 1.69. The Morgan fingerprint density at radius 2 is 1.81 bits per heavy atom. The van der Waals surface area contributed by atoms with Crippen LogP contribution in [0.25, 0.3) is 0 Å². The van der Waals surface area contributed by atoms with Gasteiger partial charge < -0.3 is 0 Å². The first-order chi connectivity index (χ1) is 9.83. The van der Waals surface area contributed by atoms with Crippen molar-refractivity contribution in [3.63, 3.8) is 0 Å². The summed E-state index contributed by atoms with van der Waals surface area (Å²) in [4.78, 5) is -0.111. The molecule has 0 aliphatic carbocycles. The molecule has 108 valence electrons. The maximum absolute atomic E-state index is 12.3. The minimum Gasteiger partial charge on any atom is -0.278 e. The molecule has 0 radical (unpaired) electrons. The summed E-state index contributed by atoms with van der Waals surface area (Å²) < 4.78 is 27.0. The Labute approximate surface area is 133 Å². The second-order valence-electron chi connectivity index (χ2n) is 4.35. The Morgan fingerprint density at radius 3 is 2.38 bits per heavy atom. The van der Waals surface area contributed by atoms with Crippen molar-refractivity contribution in [3.8, 4) is 6.07 Å². The van der Waals surface area contributed by atoms with Gasteiger partial charge in [0.2, 0.25) is 0 Å². The number of sulfonamides is 1. The van der Waals surface area contributed by atoms with Crippen LogP contribution in [0.15, 0.2) is 41.3 Å². The molecule has 0 saturated carbocycles. The Balaban J connectivity index is 2.41. The molecule has 0 heterocycles. The van der Waals surface area contributed by atoms with Gasteiger partial charge in [0.25, 0.3) is 10.0 Å². The van der Waals surface area contributed by atoms with Crippen molar-refractivity contribution in [2.45, 2.75) is 11.8 Å². The number of rotatable bonds is 3. The molecule has 0 spiro atoms. The van der Waals surface area contributed by atoms with E-state index in [9.17, 15) is 8.42 Å². The summed E-state index contributed by atoms with van der Waals surface area (Å²) in [7, 11) is -3.88. The van der Waals surface area contributed by atoms with E-state index in [1.807, 2.05) is 13.0 Å². The number of nitrogens with zero attached hydrogens (tertiary/aromatic N) is 1. The first kappa shape index (κ1) is 15.6. The summed E-state index contributed by atoms with van der Waals surface area (Å²) in [5.41, 5.74) is 1.47. The summed E-state index contributed by atoms with van der Waals surface area (Å²) in [6.07, 6.45) is 0. The highest BCUT2D eigenvalue weighted by Gasteiger charge is 2.19. The SMILES string of the molecule is Cc1ccc(NS(=O)(=O)c2ccc(C#N)cc2Cl)c(Cl)c1. The van der Waals surface area contributed by atoms with E-state index in [0.29, 0.717) is 5.02 Å². The van der Waals surface area contributed by atoms with Crippen molar-refractivity contribution >= 4 is 38.9 Å². The summed E-state index contributed by atoms with van der Waals surface area (Å²) in [5.74, 6) is 0. The average Bonchev–Trinajstić information content (AvgIpc) is 2.41. The molecule has 2 aromatic carbocycles. The summed E-state index contributed by atoms with van der Waals surface area (Å²) in [5, 5.41) is 9.03. The van der Waals surface area contributed by atoms with Crippen LogP contribution in [0.4, 0.5) is 5.69 Å². The van der Waals surface area contributed by atoms with Gasteiger partial charge in [-0.15, -0.1) is 0 Å². The van der Waals surface area contributed by atoms with Gasteiger partial charge in [-0.1, -0.05) is 29.3 Å². The largest absolute Gasteiger partial charge is 0.278 e. The van der Waals surface area contributed by atoms with Crippen LogP contribution in [0, 0.1) is 18.3 Å². The molecular formula is C14H10Cl2N2O2S. The molecule has 4 nitrogen and oxygen atoms in total. The van der Waals surface area contributed by atoms with Crippen LogP contribution in [0.2, 0.25) is 10.0 Å². The van der Waals surface area contributed by atoms with Gasteiger partial charge in [0.1, 0.15) is 4.90 Å². The molecule has 1 N–H and O–H groups in total.